The second-order valence-corrected chi connectivity index (χ2v) is 5.67. The van der Waals surface area contributed by atoms with Gasteiger partial charge in [-0.2, -0.15) is 13.2 Å². The molecule has 0 aliphatic rings. The van der Waals surface area contributed by atoms with Crippen molar-refractivity contribution in [2.45, 2.75) is 11.0 Å². The molecule has 0 saturated heterocycles. The molecular weight excluding hydrogens is 428 g/mol. The molecule has 0 fully saturated rings. The molecule has 1 rings (SSSR count). The lowest BCUT2D eigenvalue weighted by Crippen LogP contribution is -2.15. The molecule has 1 unspecified atom stereocenters. The second-order valence-electron chi connectivity index (χ2n) is 2.70. The van der Waals surface area contributed by atoms with Crippen LogP contribution in [0.2, 0.25) is 5.02 Å². The van der Waals surface area contributed by atoms with E-state index in [9.17, 15) is 13.2 Å². The van der Waals surface area contributed by atoms with Gasteiger partial charge in [0.05, 0.1) is 9.50 Å². The highest BCUT2D eigenvalue weighted by atomic mass is 79.9. The predicted molar refractivity (Wildman–Crippen MR) is 64.6 cm³/mol. The van der Waals surface area contributed by atoms with Crippen LogP contribution in [0, 0.1) is 0 Å². The third-order valence-electron chi connectivity index (χ3n) is 1.59. The molecule has 84 valence electrons. The Bertz CT molecular complexity index is 355. The summed E-state index contributed by atoms with van der Waals surface area (Å²) in [4.78, 5) is -1.72. The van der Waals surface area contributed by atoms with E-state index in [4.69, 9.17) is 11.6 Å². The lowest BCUT2D eigenvalue weighted by atomic mass is 10.1. The Kier molecular flexibility index (Phi) is 4.54. The summed E-state index contributed by atoms with van der Waals surface area (Å²) in [6, 6.07) is 2.63. The molecule has 0 N–H and O–H groups in total. The van der Waals surface area contributed by atoms with Crippen LogP contribution in [-0.4, -0.2) is 6.18 Å². The van der Waals surface area contributed by atoms with Gasteiger partial charge >= 0.3 is 6.18 Å². The maximum absolute atomic E-state index is 12.4. The van der Waals surface area contributed by atoms with Crippen LogP contribution < -0.4 is 0 Å². The first-order chi connectivity index (χ1) is 6.73. The van der Waals surface area contributed by atoms with Gasteiger partial charge in [-0.25, -0.2) is 0 Å². The highest BCUT2D eigenvalue weighted by Crippen LogP contribution is 2.43. The minimum atomic E-state index is -4.34. The molecule has 0 saturated carbocycles. The summed E-state index contributed by atoms with van der Waals surface area (Å²) in [5.41, 5.74) is 0.0579. The molecule has 1 atom stereocenters. The maximum atomic E-state index is 12.4. The number of alkyl halides is 4. The van der Waals surface area contributed by atoms with Gasteiger partial charge in [-0.05, 0) is 49.6 Å². The number of halogens is 7. The van der Waals surface area contributed by atoms with Gasteiger partial charge in [0, 0.05) is 4.47 Å². The predicted octanol–water partition coefficient (Wildman–Crippen LogP) is 5.86. The van der Waals surface area contributed by atoms with E-state index in [1.165, 1.54) is 12.1 Å². The molecule has 1 aromatic rings. The van der Waals surface area contributed by atoms with Crippen LogP contribution in [0.15, 0.2) is 21.1 Å². The van der Waals surface area contributed by atoms with Crippen molar-refractivity contribution < 1.29 is 13.2 Å². The van der Waals surface area contributed by atoms with E-state index < -0.39 is 11.0 Å². The molecule has 0 amide bonds. The molecule has 1 aromatic carbocycles. The highest BCUT2D eigenvalue weighted by molar-refractivity contribution is 9.13. The lowest BCUT2D eigenvalue weighted by Gasteiger charge is -2.15. The van der Waals surface area contributed by atoms with Gasteiger partial charge in [0.1, 0.15) is 4.83 Å². The van der Waals surface area contributed by atoms with Crippen LogP contribution in [0.25, 0.3) is 0 Å². The Hall–Kier alpha value is 0.740. The fourth-order valence-corrected chi connectivity index (χ4v) is 2.22. The number of benzene rings is 1. The van der Waals surface area contributed by atoms with Crippen molar-refractivity contribution in [3.8, 4) is 0 Å². The second kappa shape index (κ2) is 4.94. The molecule has 0 bridgehead atoms. The Morgan fingerprint density at radius 1 is 1.20 bits per heavy atom. The van der Waals surface area contributed by atoms with Crippen molar-refractivity contribution in [1.29, 1.82) is 0 Å². The molecule has 0 aromatic heterocycles. The van der Waals surface area contributed by atoms with Crippen molar-refractivity contribution in [3.63, 3.8) is 0 Å². The van der Waals surface area contributed by atoms with Gasteiger partial charge in [0.25, 0.3) is 0 Å². The first-order valence-corrected chi connectivity index (χ1v) is 6.46. The summed E-state index contributed by atoms with van der Waals surface area (Å²) < 4.78 is 38.2. The molecule has 0 nitrogen and oxygen atoms in total. The molecule has 0 spiro atoms. The zero-order chi connectivity index (χ0) is 11.8. The summed E-state index contributed by atoms with van der Waals surface area (Å²) >= 11 is 14.6. The van der Waals surface area contributed by atoms with Crippen molar-refractivity contribution in [2.24, 2.45) is 0 Å². The Balaban J connectivity index is 3.17. The summed E-state index contributed by atoms with van der Waals surface area (Å²) in [6.45, 7) is 0. The van der Waals surface area contributed by atoms with E-state index in [1.54, 1.807) is 0 Å². The molecule has 0 aliphatic carbocycles. The van der Waals surface area contributed by atoms with Gasteiger partial charge in [0.2, 0.25) is 0 Å². The third-order valence-corrected chi connectivity index (χ3v) is 5.17. The van der Waals surface area contributed by atoms with Crippen LogP contribution in [0.1, 0.15) is 10.4 Å². The lowest BCUT2D eigenvalue weighted by molar-refractivity contribution is -0.128. The fourth-order valence-electron chi connectivity index (χ4n) is 0.910. The first-order valence-electron chi connectivity index (χ1n) is 3.58. The van der Waals surface area contributed by atoms with Crippen molar-refractivity contribution in [1.82, 2.24) is 0 Å². The van der Waals surface area contributed by atoms with Crippen LogP contribution in [0.5, 0.6) is 0 Å². The number of rotatable bonds is 1. The molecule has 15 heavy (non-hydrogen) atoms. The summed E-state index contributed by atoms with van der Waals surface area (Å²) in [5.74, 6) is 0. The largest absolute Gasteiger partial charge is 0.405 e. The molecule has 0 radical (unpaired) electrons. The highest BCUT2D eigenvalue weighted by Gasteiger charge is 2.39. The van der Waals surface area contributed by atoms with Crippen LogP contribution in [-0.2, 0) is 0 Å². The van der Waals surface area contributed by atoms with Crippen molar-refractivity contribution in [2.75, 3.05) is 0 Å². The minimum Gasteiger partial charge on any atom is -0.169 e. The molecule has 0 heterocycles. The van der Waals surface area contributed by atoms with Gasteiger partial charge in [-0.3, -0.25) is 0 Å². The van der Waals surface area contributed by atoms with Crippen LogP contribution >= 0.6 is 59.4 Å². The summed E-state index contributed by atoms with van der Waals surface area (Å²) in [5, 5.41) is 0.230. The van der Waals surface area contributed by atoms with Gasteiger partial charge < -0.3 is 0 Å². The Morgan fingerprint density at radius 2 is 1.73 bits per heavy atom. The third kappa shape index (κ3) is 3.35. The SMILES string of the molecule is FC(F)(F)C(Br)c1cc(Cl)c(Br)c(Br)c1. The number of hydrogen-bond acceptors (Lipinski definition) is 0. The van der Waals surface area contributed by atoms with E-state index in [0.29, 0.717) is 8.95 Å². The van der Waals surface area contributed by atoms with E-state index in [1.807, 2.05) is 0 Å². The average Bonchev–Trinajstić information content (AvgIpc) is 2.10. The minimum absolute atomic E-state index is 0.0579. The molecule has 0 aliphatic heterocycles. The standard InChI is InChI=1S/C8H3Br3ClF3/c9-4-1-3(2-5(12)6(4)10)7(11)8(13,14)15/h1-2,7H. The molecule has 7 heteroatoms. The first kappa shape index (κ1) is 13.8. The summed E-state index contributed by atoms with van der Waals surface area (Å²) in [6.07, 6.45) is -4.34. The average molecular weight is 431 g/mol. The van der Waals surface area contributed by atoms with Crippen molar-refractivity contribution in [3.05, 3.63) is 31.7 Å². The topological polar surface area (TPSA) is 0 Å². The summed E-state index contributed by atoms with van der Waals surface area (Å²) in [7, 11) is 0. The van der Waals surface area contributed by atoms with Gasteiger partial charge in [-0.1, -0.05) is 27.5 Å². The fraction of sp³-hybridized carbons (Fsp3) is 0.250. The molecular formula is C8H3Br3ClF3. The van der Waals surface area contributed by atoms with Gasteiger partial charge in [-0.15, -0.1) is 0 Å². The van der Waals surface area contributed by atoms with E-state index in [-0.39, 0.29) is 10.6 Å². The quantitative estimate of drug-likeness (QED) is 0.386. The number of hydrogen-bond donors (Lipinski definition) is 0. The Labute approximate surface area is 115 Å². The van der Waals surface area contributed by atoms with E-state index in [0.717, 1.165) is 0 Å². The van der Waals surface area contributed by atoms with Crippen molar-refractivity contribution >= 4 is 59.4 Å². The van der Waals surface area contributed by atoms with E-state index >= 15 is 0 Å². The van der Waals surface area contributed by atoms with Crippen LogP contribution in [0.4, 0.5) is 13.2 Å². The zero-order valence-corrected chi connectivity index (χ0v) is 12.4. The van der Waals surface area contributed by atoms with E-state index in [2.05, 4.69) is 47.8 Å². The monoisotopic (exact) mass is 428 g/mol. The maximum Gasteiger partial charge on any atom is 0.405 e. The zero-order valence-electron chi connectivity index (χ0n) is 6.88. The Morgan fingerprint density at radius 3 is 2.13 bits per heavy atom. The normalized spacial score (nSPS) is 14.1. The van der Waals surface area contributed by atoms with Crippen LogP contribution in [0.3, 0.4) is 0 Å². The van der Waals surface area contributed by atoms with Gasteiger partial charge in [0.15, 0.2) is 0 Å². The smallest absolute Gasteiger partial charge is 0.169 e.